The molecule has 0 saturated carbocycles. The average Bonchev–Trinajstić information content (AvgIpc) is 3.62. The lowest BCUT2D eigenvalue weighted by Gasteiger charge is -2.11. The monoisotopic (exact) mass is 505 g/mol. The number of aromatic nitrogens is 1. The van der Waals surface area contributed by atoms with Crippen LogP contribution in [0, 0.1) is 0 Å². The molecule has 0 unspecified atom stereocenters. The van der Waals surface area contributed by atoms with Crippen molar-refractivity contribution in [2.75, 3.05) is 0 Å². The highest BCUT2D eigenvalue weighted by Crippen LogP contribution is 2.43. The normalized spacial score (nSPS) is 12.3. The highest BCUT2D eigenvalue weighted by atomic mass is 32.1. The Hall–Kier alpha value is -4.18. The van der Waals surface area contributed by atoms with Crippen molar-refractivity contribution in [3.63, 3.8) is 0 Å². The Balaban J connectivity index is 1.46. The van der Waals surface area contributed by atoms with Crippen LogP contribution in [0.2, 0.25) is 0 Å². The minimum atomic E-state index is 1.21. The van der Waals surface area contributed by atoms with Crippen LogP contribution in [0.3, 0.4) is 0 Å². The number of fused-ring (bicyclic) bond motifs is 12. The summed E-state index contributed by atoms with van der Waals surface area (Å²) in [7, 11) is 0. The van der Waals surface area contributed by atoms with Crippen LogP contribution in [0.5, 0.6) is 0 Å². The van der Waals surface area contributed by atoms with Crippen molar-refractivity contribution in [1.29, 1.82) is 0 Å². The predicted molar refractivity (Wildman–Crippen MR) is 164 cm³/mol. The molecule has 0 aliphatic heterocycles. The zero-order valence-corrected chi connectivity index (χ0v) is 21.4. The van der Waals surface area contributed by atoms with Gasteiger partial charge in [0.1, 0.15) is 0 Å². The molecule has 172 valence electrons. The summed E-state index contributed by atoms with van der Waals surface area (Å²) in [4.78, 5) is 0. The van der Waals surface area contributed by atoms with Gasteiger partial charge in [0.25, 0.3) is 0 Å². The average molecular weight is 506 g/mol. The maximum Gasteiger partial charge on any atom is 0.0619 e. The second-order valence-corrected chi connectivity index (χ2v) is 11.9. The third-order valence-corrected chi connectivity index (χ3v) is 10.2. The van der Waals surface area contributed by atoms with Crippen molar-refractivity contribution >= 4 is 95.6 Å². The Morgan fingerprint density at radius 3 is 1.78 bits per heavy atom. The van der Waals surface area contributed by atoms with E-state index in [-0.39, 0.29) is 0 Å². The van der Waals surface area contributed by atoms with Crippen LogP contribution in [0.15, 0.2) is 115 Å². The lowest BCUT2D eigenvalue weighted by molar-refractivity contribution is 1.19. The molecule has 0 aliphatic carbocycles. The van der Waals surface area contributed by atoms with Gasteiger partial charge in [-0.2, -0.15) is 0 Å². The first kappa shape index (κ1) is 19.9. The van der Waals surface area contributed by atoms with E-state index < -0.39 is 0 Å². The third-order valence-electron chi connectivity index (χ3n) is 7.79. The van der Waals surface area contributed by atoms with Gasteiger partial charge in [-0.05, 0) is 36.4 Å². The molecule has 3 aromatic heterocycles. The smallest absolute Gasteiger partial charge is 0.0619 e. The number of hydrogen-bond acceptors (Lipinski definition) is 2. The van der Waals surface area contributed by atoms with Gasteiger partial charge in [0.15, 0.2) is 0 Å². The first-order valence-corrected chi connectivity index (χ1v) is 14.2. The minimum Gasteiger partial charge on any atom is -0.309 e. The van der Waals surface area contributed by atoms with Crippen molar-refractivity contribution < 1.29 is 0 Å². The van der Waals surface area contributed by atoms with E-state index in [4.69, 9.17) is 0 Å². The molecular formula is C34H19NS2. The number of rotatable bonds is 1. The second-order valence-electron chi connectivity index (χ2n) is 9.73. The van der Waals surface area contributed by atoms with E-state index in [9.17, 15) is 0 Å². The molecule has 3 heterocycles. The third kappa shape index (κ3) is 2.63. The summed E-state index contributed by atoms with van der Waals surface area (Å²) in [6, 6.07) is 42.7. The van der Waals surface area contributed by atoms with Crippen molar-refractivity contribution in [3.8, 4) is 5.69 Å². The van der Waals surface area contributed by atoms with Crippen LogP contribution in [-0.4, -0.2) is 4.57 Å². The summed E-state index contributed by atoms with van der Waals surface area (Å²) in [6.45, 7) is 0. The van der Waals surface area contributed by atoms with Crippen LogP contribution in [0.25, 0.3) is 78.6 Å². The fourth-order valence-corrected chi connectivity index (χ4v) is 8.49. The fraction of sp³-hybridized carbons (Fsp3) is 0. The number of hydrogen-bond donors (Lipinski definition) is 0. The summed E-state index contributed by atoms with van der Waals surface area (Å²) in [5, 5.41) is 10.6. The van der Waals surface area contributed by atoms with Crippen LogP contribution >= 0.6 is 22.7 Å². The predicted octanol–water partition coefficient (Wildman–Crippen LogP) is 10.7. The summed E-state index contributed by atoms with van der Waals surface area (Å²) < 4.78 is 7.88. The van der Waals surface area contributed by atoms with Gasteiger partial charge in [0, 0.05) is 67.6 Å². The summed E-state index contributed by atoms with van der Waals surface area (Å²) in [5.74, 6) is 0. The lowest BCUT2D eigenvalue weighted by atomic mass is 10.0. The maximum atomic E-state index is 2.48. The first-order valence-electron chi connectivity index (χ1n) is 12.5. The molecule has 0 radical (unpaired) electrons. The van der Waals surface area contributed by atoms with Crippen molar-refractivity contribution in [2.45, 2.75) is 0 Å². The summed E-state index contributed by atoms with van der Waals surface area (Å²) in [5.41, 5.74) is 3.75. The fourth-order valence-electron chi connectivity index (χ4n) is 6.17. The van der Waals surface area contributed by atoms with E-state index in [1.807, 2.05) is 22.7 Å². The van der Waals surface area contributed by atoms with Crippen LogP contribution in [0.4, 0.5) is 0 Å². The standard InChI is InChI=1S/C34H19NS2/c1-4-10-29-21(7-1)24-14-17-27-25(15-16-26-22-8-2-6-12-31(22)37-34(26)27)33(24)35(29)20-13-18-32-28(19-20)23-9-3-5-11-30(23)36-32/h1-19H. The highest BCUT2D eigenvalue weighted by Gasteiger charge is 2.18. The Labute approximate surface area is 220 Å². The van der Waals surface area contributed by atoms with Crippen LogP contribution in [0.1, 0.15) is 0 Å². The second kappa shape index (κ2) is 7.19. The SMILES string of the molecule is c1ccc2c(c1)sc1ccc(-n3c4ccccc4c4ccc5c(ccc6c7ccccc7sc65)c43)cc12. The van der Waals surface area contributed by atoms with Gasteiger partial charge in [-0.3, -0.25) is 0 Å². The molecule has 9 aromatic rings. The van der Waals surface area contributed by atoms with Gasteiger partial charge in [-0.1, -0.05) is 78.9 Å². The summed E-state index contributed by atoms with van der Waals surface area (Å²) in [6.07, 6.45) is 0. The topological polar surface area (TPSA) is 4.93 Å². The number of thiophene rings is 2. The zero-order valence-electron chi connectivity index (χ0n) is 19.7. The van der Waals surface area contributed by atoms with Crippen molar-refractivity contribution in [1.82, 2.24) is 4.57 Å². The number of benzene rings is 6. The molecule has 0 aliphatic rings. The molecule has 0 N–H and O–H groups in total. The molecule has 0 bridgehead atoms. The van der Waals surface area contributed by atoms with E-state index in [1.165, 1.54) is 78.6 Å². The molecule has 37 heavy (non-hydrogen) atoms. The van der Waals surface area contributed by atoms with Gasteiger partial charge in [0.2, 0.25) is 0 Å². The molecule has 1 nitrogen and oxygen atoms in total. The Morgan fingerprint density at radius 1 is 0.405 bits per heavy atom. The number of nitrogens with zero attached hydrogens (tertiary/aromatic N) is 1. The molecule has 0 saturated heterocycles. The largest absolute Gasteiger partial charge is 0.309 e. The van der Waals surface area contributed by atoms with Crippen LogP contribution in [-0.2, 0) is 0 Å². The van der Waals surface area contributed by atoms with E-state index in [2.05, 4.69) is 120 Å². The molecule has 6 aromatic carbocycles. The molecule has 9 rings (SSSR count). The maximum absolute atomic E-state index is 2.48. The van der Waals surface area contributed by atoms with Gasteiger partial charge in [-0.15, -0.1) is 22.7 Å². The number of para-hydroxylation sites is 1. The van der Waals surface area contributed by atoms with Gasteiger partial charge in [0.05, 0.1) is 11.0 Å². The van der Waals surface area contributed by atoms with Gasteiger partial charge in [-0.25, -0.2) is 0 Å². The van der Waals surface area contributed by atoms with E-state index >= 15 is 0 Å². The quantitative estimate of drug-likeness (QED) is 0.209. The molecule has 0 atom stereocenters. The summed E-state index contributed by atoms with van der Waals surface area (Å²) >= 11 is 3.78. The molecule has 0 fully saturated rings. The molecular weight excluding hydrogens is 487 g/mol. The zero-order chi connectivity index (χ0) is 24.1. The van der Waals surface area contributed by atoms with Crippen LogP contribution < -0.4 is 0 Å². The van der Waals surface area contributed by atoms with Crippen molar-refractivity contribution in [3.05, 3.63) is 115 Å². The lowest BCUT2D eigenvalue weighted by Crippen LogP contribution is -1.94. The van der Waals surface area contributed by atoms with Crippen molar-refractivity contribution in [2.24, 2.45) is 0 Å². The molecule has 0 spiro atoms. The molecule has 3 heteroatoms. The van der Waals surface area contributed by atoms with E-state index in [0.29, 0.717) is 0 Å². The van der Waals surface area contributed by atoms with Gasteiger partial charge < -0.3 is 4.57 Å². The molecule has 0 amide bonds. The van der Waals surface area contributed by atoms with E-state index in [1.54, 1.807) is 0 Å². The highest BCUT2D eigenvalue weighted by molar-refractivity contribution is 7.26. The minimum absolute atomic E-state index is 1.21. The Kier molecular flexibility index (Phi) is 3.88. The Bertz CT molecular complexity index is 2360. The van der Waals surface area contributed by atoms with E-state index in [0.717, 1.165) is 0 Å². The Morgan fingerprint density at radius 2 is 0.973 bits per heavy atom. The first-order chi connectivity index (χ1) is 18.3. The van der Waals surface area contributed by atoms with Gasteiger partial charge >= 0.3 is 0 Å².